The molecule has 1 atom stereocenters. The highest BCUT2D eigenvalue weighted by Gasteiger charge is 2.38. The van der Waals surface area contributed by atoms with Gasteiger partial charge in [0.15, 0.2) is 0 Å². The van der Waals surface area contributed by atoms with Crippen molar-refractivity contribution in [3.8, 4) is 0 Å². The minimum atomic E-state index is -5.08. The molecule has 0 heterocycles. The molecule has 1 aromatic carbocycles. The second kappa shape index (κ2) is 7.25. The van der Waals surface area contributed by atoms with Gasteiger partial charge in [0, 0.05) is 6.54 Å². The summed E-state index contributed by atoms with van der Waals surface area (Å²) in [6.07, 6.45) is -5.08. The van der Waals surface area contributed by atoms with Gasteiger partial charge in [0.25, 0.3) is 0 Å². The van der Waals surface area contributed by atoms with Gasteiger partial charge in [-0.25, -0.2) is 4.79 Å². The average molecular weight is 292 g/mol. The molecule has 0 aliphatic carbocycles. The summed E-state index contributed by atoms with van der Waals surface area (Å²) in [5.41, 5.74) is 7.01. The van der Waals surface area contributed by atoms with Crippen LogP contribution in [0.25, 0.3) is 0 Å². The lowest BCUT2D eigenvalue weighted by molar-refractivity contribution is -0.192. The van der Waals surface area contributed by atoms with Gasteiger partial charge >= 0.3 is 12.1 Å². The summed E-state index contributed by atoms with van der Waals surface area (Å²) in [4.78, 5) is 11.1. The normalized spacial score (nSPS) is 14.2. The Hall–Kier alpha value is -1.60. The van der Waals surface area contributed by atoms with Crippen LogP contribution in [0.4, 0.5) is 13.2 Å². The lowest BCUT2D eigenvalue weighted by Gasteiger charge is -2.35. The van der Waals surface area contributed by atoms with E-state index in [2.05, 4.69) is 38.1 Å². The molecule has 0 fully saturated rings. The van der Waals surface area contributed by atoms with Crippen LogP contribution in [0.3, 0.4) is 0 Å². The lowest BCUT2D eigenvalue weighted by Crippen LogP contribution is -2.44. The first kappa shape index (κ1) is 18.4. The Labute approximate surface area is 116 Å². The van der Waals surface area contributed by atoms with E-state index in [0.717, 1.165) is 0 Å². The van der Waals surface area contributed by atoms with Crippen LogP contribution in [-0.2, 0) is 10.3 Å². The van der Waals surface area contributed by atoms with Crippen molar-refractivity contribution >= 4 is 5.97 Å². The van der Waals surface area contributed by atoms with Crippen LogP contribution in [0.2, 0.25) is 0 Å². The number of nitrogens with two attached hydrogens (primary N) is 1. The van der Waals surface area contributed by atoms with Crippen LogP contribution >= 0.6 is 0 Å². The van der Waals surface area contributed by atoms with E-state index >= 15 is 0 Å². The van der Waals surface area contributed by atoms with E-state index < -0.39 is 12.1 Å². The smallest absolute Gasteiger partial charge is 0.475 e. The van der Waals surface area contributed by atoms with Gasteiger partial charge in [-0.1, -0.05) is 30.3 Å². The van der Waals surface area contributed by atoms with Gasteiger partial charge in [-0.05, 0) is 26.6 Å². The first-order valence-electron chi connectivity index (χ1n) is 5.79. The number of hydrogen-bond acceptors (Lipinski definition) is 3. The van der Waals surface area contributed by atoms with Crippen molar-refractivity contribution in [2.75, 3.05) is 20.6 Å². The van der Waals surface area contributed by atoms with Gasteiger partial charge in [0.2, 0.25) is 0 Å². The van der Waals surface area contributed by atoms with Crippen molar-refractivity contribution in [2.24, 2.45) is 5.73 Å². The number of hydrogen-bond donors (Lipinski definition) is 2. The van der Waals surface area contributed by atoms with Crippen molar-refractivity contribution in [2.45, 2.75) is 18.6 Å². The van der Waals surface area contributed by atoms with Gasteiger partial charge in [-0.15, -0.1) is 0 Å². The highest BCUT2D eigenvalue weighted by atomic mass is 19.4. The van der Waals surface area contributed by atoms with Gasteiger partial charge < -0.3 is 10.8 Å². The molecule has 114 valence electrons. The van der Waals surface area contributed by atoms with Crippen LogP contribution in [0, 0.1) is 0 Å². The zero-order chi connectivity index (χ0) is 16.0. The van der Waals surface area contributed by atoms with Crippen molar-refractivity contribution in [3.05, 3.63) is 35.9 Å². The highest BCUT2D eigenvalue weighted by Crippen LogP contribution is 2.23. The van der Waals surface area contributed by atoms with E-state index in [0.29, 0.717) is 6.54 Å². The van der Waals surface area contributed by atoms with Crippen molar-refractivity contribution < 1.29 is 23.1 Å². The molecule has 0 spiro atoms. The minimum absolute atomic E-state index is 0.0543. The predicted molar refractivity (Wildman–Crippen MR) is 70.2 cm³/mol. The van der Waals surface area contributed by atoms with Crippen LogP contribution in [0.1, 0.15) is 12.5 Å². The number of halogens is 3. The molecule has 0 bridgehead atoms. The number of carboxylic acid groups (broad SMARTS) is 1. The van der Waals surface area contributed by atoms with E-state index in [9.17, 15) is 13.2 Å². The molecule has 0 amide bonds. The molecule has 1 rings (SSSR count). The SMILES string of the molecule is CN(C)C(C)(CN)c1ccccc1.O=C(O)C(F)(F)F. The van der Waals surface area contributed by atoms with Gasteiger partial charge in [-0.3, -0.25) is 4.90 Å². The molecule has 7 heteroatoms. The summed E-state index contributed by atoms with van der Waals surface area (Å²) >= 11 is 0. The number of benzene rings is 1. The molecule has 1 aromatic rings. The Morgan fingerprint density at radius 1 is 1.25 bits per heavy atom. The first-order valence-corrected chi connectivity index (χ1v) is 5.79. The Bertz CT molecular complexity index is 421. The van der Waals surface area contributed by atoms with Crippen LogP contribution in [0.15, 0.2) is 30.3 Å². The van der Waals surface area contributed by atoms with E-state index in [-0.39, 0.29) is 5.54 Å². The predicted octanol–water partition coefficient (Wildman–Crippen LogP) is 2.06. The fourth-order valence-corrected chi connectivity index (χ4v) is 1.36. The van der Waals surface area contributed by atoms with Crippen LogP contribution in [0.5, 0.6) is 0 Å². The van der Waals surface area contributed by atoms with E-state index in [1.807, 2.05) is 18.2 Å². The highest BCUT2D eigenvalue weighted by molar-refractivity contribution is 5.73. The second-order valence-electron chi connectivity index (χ2n) is 4.54. The monoisotopic (exact) mass is 292 g/mol. The van der Waals surface area contributed by atoms with Gasteiger partial charge in [0.1, 0.15) is 0 Å². The van der Waals surface area contributed by atoms with Crippen LogP contribution < -0.4 is 5.73 Å². The lowest BCUT2D eigenvalue weighted by atomic mass is 9.91. The van der Waals surface area contributed by atoms with Crippen molar-refractivity contribution in [1.29, 1.82) is 0 Å². The molecular formula is C13H19F3N2O2. The van der Waals surface area contributed by atoms with E-state index in [1.54, 1.807) is 0 Å². The summed E-state index contributed by atoms with van der Waals surface area (Å²) < 4.78 is 31.7. The number of alkyl halides is 3. The average Bonchev–Trinajstić information content (AvgIpc) is 2.38. The maximum absolute atomic E-state index is 10.6. The zero-order valence-corrected chi connectivity index (χ0v) is 11.6. The molecule has 0 aliphatic heterocycles. The topological polar surface area (TPSA) is 66.6 Å². The molecular weight excluding hydrogens is 273 g/mol. The standard InChI is InChI=1S/C11H18N2.C2HF3O2/c1-11(9-12,13(2)3)10-7-5-4-6-8-10;3-2(4,5)1(6)7/h4-8H,9,12H2,1-3H3;(H,6,7). The Morgan fingerprint density at radius 3 is 1.90 bits per heavy atom. The third-order valence-electron chi connectivity index (χ3n) is 3.02. The Balaban J connectivity index is 0.000000441. The third kappa shape index (κ3) is 5.18. The Kier molecular flexibility index (Phi) is 6.67. The molecule has 4 nitrogen and oxygen atoms in total. The fourth-order valence-electron chi connectivity index (χ4n) is 1.36. The summed E-state index contributed by atoms with van der Waals surface area (Å²) in [6.45, 7) is 2.78. The largest absolute Gasteiger partial charge is 0.490 e. The number of carbonyl (C=O) groups is 1. The quantitative estimate of drug-likeness (QED) is 0.895. The number of nitrogens with zero attached hydrogens (tertiary/aromatic N) is 1. The number of carboxylic acids is 1. The maximum Gasteiger partial charge on any atom is 0.490 e. The molecule has 3 N–H and O–H groups in total. The Morgan fingerprint density at radius 2 is 1.65 bits per heavy atom. The molecule has 0 aliphatic rings. The molecule has 0 saturated heterocycles. The summed E-state index contributed by atoms with van der Waals surface area (Å²) in [5, 5.41) is 7.12. The minimum Gasteiger partial charge on any atom is -0.475 e. The van der Waals surface area contributed by atoms with Crippen LogP contribution in [-0.4, -0.2) is 42.8 Å². The third-order valence-corrected chi connectivity index (χ3v) is 3.02. The van der Waals surface area contributed by atoms with Gasteiger partial charge in [0.05, 0.1) is 5.54 Å². The van der Waals surface area contributed by atoms with E-state index in [4.69, 9.17) is 15.6 Å². The summed E-state index contributed by atoms with van der Waals surface area (Å²) in [6, 6.07) is 10.4. The molecule has 0 aromatic heterocycles. The molecule has 0 saturated carbocycles. The molecule has 1 unspecified atom stereocenters. The zero-order valence-electron chi connectivity index (χ0n) is 11.6. The molecule has 20 heavy (non-hydrogen) atoms. The summed E-state index contributed by atoms with van der Waals surface area (Å²) in [5.74, 6) is -2.76. The number of aliphatic carboxylic acids is 1. The summed E-state index contributed by atoms with van der Waals surface area (Å²) in [7, 11) is 4.11. The number of likely N-dealkylation sites (N-methyl/N-ethyl adjacent to an activating group) is 1. The van der Waals surface area contributed by atoms with Crippen molar-refractivity contribution in [1.82, 2.24) is 4.90 Å². The first-order chi connectivity index (χ1) is 9.05. The number of rotatable bonds is 3. The molecule has 0 radical (unpaired) electrons. The van der Waals surface area contributed by atoms with Gasteiger partial charge in [-0.2, -0.15) is 13.2 Å². The fraction of sp³-hybridized carbons (Fsp3) is 0.462. The van der Waals surface area contributed by atoms with E-state index in [1.165, 1.54) is 5.56 Å². The van der Waals surface area contributed by atoms with Crippen molar-refractivity contribution in [3.63, 3.8) is 0 Å². The second-order valence-corrected chi connectivity index (χ2v) is 4.54. The maximum atomic E-state index is 10.6.